The normalized spacial score (nSPS) is 10.2. The lowest BCUT2D eigenvalue weighted by molar-refractivity contribution is 0.100. The van der Waals surface area contributed by atoms with Gasteiger partial charge in [-0.25, -0.2) is 0 Å². The van der Waals surface area contributed by atoms with E-state index in [1.54, 1.807) is 0 Å². The average Bonchev–Trinajstić information content (AvgIpc) is 2.53. The van der Waals surface area contributed by atoms with Crippen LogP contribution in [-0.4, -0.2) is 17.6 Å². The Labute approximate surface area is 81.2 Å². The van der Waals surface area contributed by atoms with Crippen molar-refractivity contribution >= 4 is 17.2 Å². The van der Waals surface area contributed by atoms with Crippen LogP contribution in [0.1, 0.15) is 21.7 Å². The van der Waals surface area contributed by atoms with Crippen LogP contribution >= 0.6 is 11.3 Å². The highest BCUT2D eigenvalue weighted by Crippen LogP contribution is 2.17. The van der Waals surface area contributed by atoms with Gasteiger partial charge in [-0.3, -0.25) is 4.79 Å². The summed E-state index contributed by atoms with van der Waals surface area (Å²) in [6.07, 6.45) is 3.28. The number of carbonyl (C=O) groups excluding carboxylic acids is 1. The zero-order valence-corrected chi connectivity index (χ0v) is 8.01. The summed E-state index contributed by atoms with van der Waals surface area (Å²) in [6.45, 7) is 0.149. The molecule has 1 radical (unpaired) electrons. The Morgan fingerprint density at radius 2 is 2.46 bits per heavy atom. The molecule has 1 aromatic rings. The Morgan fingerprint density at radius 1 is 1.69 bits per heavy atom. The van der Waals surface area contributed by atoms with Crippen molar-refractivity contribution in [1.82, 2.24) is 0 Å². The first-order valence-electron chi connectivity index (χ1n) is 4.04. The first-order chi connectivity index (χ1) is 6.25. The van der Waals surface area contributed by atoms with Gasteiger partial charge >= 0.3 is 0 Å². The fraction of sp³-hybridized carbons (Fsp3) is 0.333. The number of aliphatic hydroxyl groups is 1. The molecule has 1 amide bonds. The van der Waals surface area contributed by atoms with Gasteiger partial charge in [-0.05, 0) is 36.3 Å². The minimum Gasteiger partial charge on any atom is -0.396 e. The molecule has 0 saturated heterocycles. The minimum absolute atomic E-state index is 0.149. The lowest BCUT2D eigenvalue weighted by atomic mass is 10.1. The Kier molecular flexibility index (Phi) is 3.92. The third kappa shape index (κ3) is 2.82. The topological polar surface area (TPSA) is 63.3 Å². The quantitative estimate of drug-likeness (QED) is 0.693. The minimum atomic E-state index is -0.373. The van der Waals surface area contributed by atoms with Crippen LogP contribution in [0.15, 0.2) is 11.4 Å². The number of nitrogens with two attached hydrogens (primary N) is 1. The second-order valence-corrected chi connectivity index (χ2v) is 3.56. The molecule has 0 fully saturated rings. The van der Waals surface area contributed by atoms with Gasteiger partial charge < -0.3 is 10.8 Å². The van der Waals surface area contributed by atoms with E-state index in [-0.39, 0.29) is 12.5 Å². The molecule has 0 unspecified atom stereocenters. The van der Waals surface area contributed by atoms with Gasteiger partial charge in [0.25, 0.3) is 5.91 Å². The predicted octanol–water partition coefficient (Wildman–Crippen LogP) is 0.976. The monoisotopic (exact) mass is 198 g/mol. The molecule has 0 aliphatic carbocycles. The predicted molar refractivity (Wildman–Crippen MR) is 52.5 cm³/mol. The molecule has 4 heteroatoms. The molecular formula is C9H12NO2S. The molecule has 0 saturated carbocycles. The number of rotatable bonds is 5. The lowest BCUT2D eigenvalue weighted by Crippen LogP contribution is -2.11. The van der Waals surface area contributed by atoms with Gasteiger partial charge in [0, 0.05) is 6.61 Å². The summed E-state index contributed by atoms with van der Waals surface area (Å²) in [7, 11) is 0. The maximum Gasteiger partial charge on any atom is 0.259 e. The average molecular weight is 198 g/mol. The maximum absolute atomic E-state index is 10.9. The SMILES string of the molecule is NC(=O)c1sccc1C[CH]CCO. The number of amides is 1. The third-order valence-electron chi connectivity index (χ3n) is 1.67. The highest BCUT2D eigenvalue weighted by atomic mass is 32.1. The van der Waals surface area contributed by atoms with Crippen LogP contribution in [0.4, 0.5) is 0 Å². The van der Waals surface area contributed by atoms with E-state index < -0.39 is 0 Å². The van der Waals surface area contributed by atoms with Crippen molar-refractivity contribution in [3.63, 3.8) is 0 Å². The number of thiophene rings is 1. The number of aliphatic hydroxyl groups excluding tert-OH is 1. The van der Waals surface area contributed by atoms with Gasteiger partial charge in [-0.2, -0.15) is 0 Å². The summed E-state index contributed by atoms with van der Waals surface area (Å²) in [5, 5.41) is 10.4. The van der Waals surface area contributed by atoms with E-state index in [0.29, 0.717) is 17.7 Å². The fourth-order valence-corrected chi connectivity index (χ4v) is 1.85. The first-order valence-corrected chi connectivity index (χ1v) is 4.92. The van der Waals surface area contributed by atoms with Crippen molar-refractivity contribution in [2.45, 2.75) is 12.8 Å². The van der Waals surface area contributed by atoms with Crippen LogP contribution in [0.25, 0.3) is 0 Å². The molecular weight excluding hydrogens is 186 g/mol. The molecule has 1 rings (SSSR count). The number of carbonyl (C=O) groups is 1. The van der Waals surface area contributed by atoms with Crippen molar-refractivity contribution in [2.75, 3.05) is 6.61 Å². The van der Waals surface area contributed by atoms with Gasteiger partial charge in [-0.15, -0.1) is 11.3 Å². The zero-order valence-electron chi connectivity index (χ0n) is 7.19. The summed E-state index contributed by atoms with van der Waals surface area (Å²) in [6, 6.07) is 1.89. The Bertz CT molecular complexity index is 283. The second-order valence-electron chi connectivity index (χ2n) is 2.64. The summed E-state index contributed by atoms with van der Waals surface area (Å²) >= 11 is 1.36. The van der Waals surface area contributed by atoms with Gasteiger partial charge in [0.15, 0.2) is 0 Å². The van der Waals surface area contributed by atoms with Crippen molar-refractivity contribution in [1.29, 1.82) is 0 Å². The second kappa shape index (κ2) is 4.99. The summed E-state index contributed by atoms with van der Waals surface area (Å²) < 4.78 is 0. The largest absolute Gasteiger partial charge is 0.396 e. The summed E-state index contributed by atoms with van der Waals surface area (Å²) in [5.74, 6) is -0.373. The maximum atomic E-state index is 10.9. The number of hydrogen-bond donors (Lipinski definition) is 2. The lowest BCUT2D eigenvalue weighted by Gasteiger charge is -1.98. The van der Waals surface area contributed by atoms with E-state index >= 15 is 0 Å². The van der Waals surface area contributed by atoms with Crippen molar-refractivity contribution in [2.24, 2.45) is 5.73 Å². The van der Waals surface area contributed by atoms with E-state index in [1.165, 1.54) is 11.3 Å². The van der Waals surface area contributed by atoms with Gasteiger partial charge in [0.1, 0.15) is 0 Å². The number of hydrogen-bond acceptors (Lipinski definition) is 3. The molecule has 0 aliphatic rings. The standard InChI is InChI=1S/C9H12NO2S/c10-9(12)8-7(4-6-13-8)3-1-2-5-11/h1,4,6,11H,2-3,5H2,(H2,10,12). The van der Waals surface area contributed by atoms with Crippen molar-refractivity contribution in [3.05, 3.63) is 28.3 Å². The number of primary amides is 1. The molecule has 1 heterocycles. The van der Waals surface area contributed by atoms with Gasteiger partial charge in [-0.1, -0.05) is 0 Å². The van der Waals surface area contributed by atoms with E-state index in [2.05, 4.69) is 0 Å². The third-order valence-corrected chi connectivity index (χ3v) is 2.64. The highest BCUT2D eigenvalue weighted by Gasteiger charge is 2.08. The molecule has 0 aliphatic heterocycles. The van der Waals surface area contributed by atoms with Crippen molar-refractivity contribution < 1.29 is 9.90 Å². The number of unbranched alkanes of at least 4 members (excludes halogenated alkanes) is 1. The van der Waals surface area contributed by atoms with Gasteiger partial charge in [0.05, 0.1) is 4.88 Å². The van der Waals surface area contributed by atoms with Crippen LogP contribution in [-0.2, 0) is 6.42 Å². The summed E-state index contributed by atoms with van der Waals surface area (Å²) in [4.78, 5) is 11.5. The van der Waals surface area contributed by atoms with E-state index in [0.717, 1.165) is 5.56 Å². The highest BCUT2D eigenvalue weighted by molar-refractivity contribution is 7.12. The fourth-order valence-electron chi connectivity index (χ4n) is 1.06. The smallest absolute Gasteiger partial charge is 0.259 e. The molecule has 1 aromatic heterocycles. The van der Waals surface area contributed by atoms with E-state index in [1.807, 2.05) is 17.9 Å². The molecule has 0 atom stereocenters. The van der Waals surface area contributed by atoms with Crippen LogP contribution in [0.3, 0.4) is 0 Å². The molecule has 71 valence electrons. The van der Waals surface area contributed by atoms with Crippen LogP contribution in [0, 0.1) is 6.42 Å². The van der Waals surface area contributed by atoms with Crippen LogP contribution in [0.5, 0.6) is 0 Å². The first kappa shape index (κ1) is 10.2. The van der Waals surface area contributed by atoms with E-state index in [9.17, 15) is 4.79 Å². The van der Waals surface area contributed by atoms with Crippen LogP contribution in [0.2, 0.25) is 0 Å². The van der Waals surface area contributed by atoms with Crippen molar-refractivity contribution in [3.8, 4) is 0 Å². The van der Waals surface area contributed by atoms with Gasteiger partial charge in [0.2, 0.25) is 0 Å². The summed E-state index contributed by atoms with van der Waals surface area (Å²) in [5.41, 5.74) is 6.12. The molecule has 3 nitrogen and oxygen atoms in total. The molecule has 0 aromatic carbocycles. The Balaban J connectivity index is 2.55. The zero-order chi connectivity index (χ0) is 9.68. The van der Waals surface area contributed by atoms with Crippen LogP contribution < -0.4 is 5.73 Å². The molecule has 0 bridgehead atoms. The molecule has 13 heavy (non-hydrogen) atoms. The Morgan fingerprint density at radius 3 is 3.08 bits per heavy atom. The van der Waals surface area contributed by atoms with E-state index in [4.69, 9.17) is 10.8 Å². The molecule has 3 N–H and O–H groups in total. The molecule has 0 spiro atoms. The Hall–Kier alpha value is -0.870.